The van der Waals surface area contributed by atoms with Crippen LogP contribution in [0.15, 0.2) is 65.1 Å². The largest absolute Gasteiger partial charge is 0.507 e. The highest BCUT2D eigenvalue weighted by atomic mass is 32.2. The lowest BCUT2D eigenvalue weighted by Gasteiger charge is -2.27. The lowest BCUT2D eigenvalue weighted by Crippen LogP contribution is -2.36. The summed E-state index contributed by atoms with van der Waals surface area (Å²) in [6, 6.07) is 14.2. The van der Waals surface area contributed by atoms with Crippen LogP contribution >= 0.6 is 0 Å². The van der Waals surface area contributed by atoms with Gasteiger partial charge in [-0.15, -0.1) is 0 Å². The normalized spacial score (nSPS) is 25.0. The average molecular weight is 497 g/mol. The van der Waals surface area contributed by atoms with Gasteiger partial charge in [0.2, 0.25) is 10.0 Å². The predicted octanol–water partition coefficient (Wildman–Crippen LogP) is 3.07. The zero-order valence-corrected chi connectivity index (χ0v) is 20.1. The molecule has 2 unspecified atom stereocenters. The number of likely N-dealkylation sites (tertiary alicyclic amines) is 1. The van der Waals surface area contributed by atoms with Crippen molar-refractivity contribution < 1.29 is 27.9 Å². The quantitative estimate of drug-likeness (QED) is 0.375. The van der Waals surface area contributed by atoms with Crippen molar-refractivity contribution in [3.8, 4) is 0 Å². The highest BCUT2D eigenvalue weighted by Crippen LogP contribution is 2.40. The first kappa shape index (κ1) is 23.7. The minimum Gasteiger partial charge on any atom is -0.507 e. The van der Waals surface area contributed by atoms with Gasteiger partial charge in [0.25, 0.3) is 11.7 Å². The van der Waals surface area contributed by atoms with Crippen LogP contribution in [0.2, 0.25) is 0 Å². The second kappa shape index (κ2) is 9.56. The zero-order chi connectivity index (χ0) is 24.6. The van der Waals surface area contributed by atoms with E-state index in [1.807, 2.05) is 30.3 Å². The van der Waals surface area contributed by atoms with E-state index in [-0.39, 0.29) is 34.4 Å². The van der Waals surface area contributed by atoms with E-state index in [2.05, 4.69) is 0 Å². The van der Waals surface area contributed by atoms with Crippen molar-refractivity contribution in [2.45, 2.75) is 42.7 Å². The van der Waals surface area contributed by atoms with Crippen molar-refractivity contribution >= 4 is 27.5 Å². The number of aliphatic hydroxyl groups is 1. The summed E-state index contributed by atoms with van der Waals surface area (Å²) in [7, 11) is -3.60. The summed E-state index contributed by atoms with van der Waals surface area (Å²) >= 11 is 0. The molecule has 3 aliphatic heterocycles. The highest BCUT2D eigenvalue weighted by Gasteiger charge is 2.47. The van der Waals surface area contributed by atoms with E-state index in [4.69, 9.17) is 4.74 Å². The van der Waals surface area contributed by atoms with Crippen LogP contribution in [-0.4, -0.2) is 66.8 Å². The lowest BCUT2D eigenvalue weighted by molar-refractivity contribution is -0.140. The fraction of sp³-hybridized carbons (Fsp3) is 0.385. The second-order valence-corrected chi connectivity index (χ2v) is 11.1. The van der Waals surface area contributed by atoms with Crippen molar-refractivity contribution in [3.05, 3.63) is 71.3 Å². The van der Waals surface area contributed by atoms with Gasteiger partial charge in [-0.25, -0.2) is 8.42 Å². The van der Waals surface area contributed by atoms with Gasteiger partial charge in [0.05, 0.1) is 22.6 Å². The number of carbonyl (C=O) groups excluding carboxylic acids is 2. The minimum absolute atomic E-state index is 0.00523. The summed E-state index contributed by atoms with van der Waals surface area (Å²) in [6.07, 6.45) is 3.22. The molecule has 184 valence electrons. The molecule has 8 nitrogen and oxygen atoms in total. The second-order valence-electron chi connectivity index (χ2n) is 9.13. The Balaban J connectivity index is 1.52. The third kappa shape index (κ3) is 4.39. The van der Waals surface area contributed by atoms with Crippen LogP contribution in [-0.2, 0) is 24.3 Å². The Morgan fingerprint density at radius 1 is 0.971 bits per heavy atom. The Bertz CT molecular complexity index is 1240. The molecular weight excluding hydrogens is 468 g/mol. The number of benzene rings is 2. The van der Waals surface area contributed by atoms with E-state index in [0.717, 1.165) is 25.7 Å². The number of ether oxygens (including phenoxy) is 1. The Morgan fingerprint density at radius 3 is 2.29 bits per heavy atom. The topological polar surface area (TPSA) is 104 Å². The summed E-state index contributed by atoms with van der Waals surface area (Å²) < 4.78 is 32.8. The molecule has 3 heterocycles. The van der Waals surface area contributed by atoms with E-state index in [0.29, 0.717) is 25.3 Å². The predicted molar refractivity (Wildman–Crippen MR) is 129 cm³/mol. The number of sulfonamides is 1. The molecule has 3 saturated heterocycles. The number of carbonyl (C=O) groups is 2. The Kier molecular flexibility index (Phi) is 6.48. The number of hydrogen-bond acceptors (Lipinski definition) is 6. The van der Waals surface area contributed by atoms with Crippen molar-refractivity contribution in [3.63, 3.8) is 0 Å². The van der Waals surface area contributed by atoms with Gasteiger partial charge in [-0.3, -0.25) is 9.59 Å². The minimum atomic E-state index is -3.60. The fourth-order valence-electron chi connectivity index (χ4n) is 5.08. The molecule has 0 aliphatic carbocycles. The van der Waals surface area contributed by atoms with Crippen molar-refractivity contribution in [1.29, 1.82) is 0 Å². The molecule has 0 aromatic heterocycles. The first-order valence-electron chi connectivity index (χ1n) is 11.9. The molecule has 3 aliphatic rings. The van der Waals surface area contributed by atoms with Gasteiger partial charge in [0, 0.05) is 31.8 Å². The molecular formula is C26H28N2O6S. The smallest absolute Gasteiger partial charge is 0.295 e. The molecule has 2 aromatic carbocycles. The maximum atomic E-state index is 13.1. The van der Waals surface area contributed by atoms with Crippen molar-refractivity contribution in [2.24, 2.45) is 0 Å². The molecule has 1 N–H and O–H groups in total. The number of amides is 1. The maximum absolute atomic E-state index is 13.1. The molecule has 2 atom stereocenters. The molecule has 35 heavy (non-hydrogen) atoms. The van der Waals surface area contributed by atoms with Gasteiger partial charge in [-0.2, -0.15) is 4.31 Å². The number of Topliss-reactive ketones (excluding diaryl/α,β-unsaturated/α-hetero) is 1. The molecule has 0 saturated carbocycles. The number of hydrogen-bond donors (Lipinski definition) is 1. The summed E-state index contributed by atoms with van der Waals surface area (Å²) in [5.74, 6) is -1.76. The highest BCUT2D eigenvalue weighted by molar-refractivity contribution is 7.89. The van der Waals surface area contributed by atoms with Crippen LogP contribution in [0.4, 0.5) is 0 Å². The van der Waals surface area contributed by atoms with Crippen LogP contribution in [0.1, 0.15) is 42.9 Å². The summed E-state index contributed by atoms with van der Waals surface area (Å²) in [6.45, 7) is 1.87. The Morgan fingerprint density at radius 2 is 1.66 bits per heavy atom. The van der Waals surface area contributed by atoms with Crippen molar-refractivity contribution in [1.82, 2.24) is 9.21 Å². The Hall–Kier alpha value is -3.01. The zero-order valence-electron chi connectivity index (χ0n) is 19.3. The van der Waals surface area contributed by atoms with E-state index >= 15 is 0 Å². The van der Waals surface area contributed by atoms with Crippen LogP contribution in [0.5, 0.6) is 0 Å². The van der Waals surface area contributed by atoms with Gasteiger partial charge in [-0.1, -0.05) is 30.3 Å². The van der Waals surface area contributed by atoms with Gasteiger partial charge >= 0.3 is 0 Å². The number of aliphatic hydroxyl groups excluding tert-OH is 1. The molecule has 2 aromatic rings. The first-order valence-corrected chi connectivity index (χ1v) is 13.4. The average Bonchev–Trinajstić information content (AvgIpc) is 3.64. The summed E-state index contributed by atoms with van der Waals surface area (Å²) in [5, 5.41) is 11.2. The summed E-state index contributed by atoms with van der Waals surface area (Å²) in [4.78, 5) is 27.8. The van der Waals surface area contributed by atoms with Crippen LogP contribution in [0.3, 0.4) is 0 Å². The number of ketones is 1. The third-order valence-corrected chi connectivity index (χ3v) is 8.82. The van der Waals surface area contributed by atoms with Gasteiger partial charge < -0.3 is 14.7 Å². The van der Waals surface area contributed by atoms with Crippen LogP contribution in [0, 0.1) is 0 Å². The van der Waals surface area contributed by atoms with E-state index in [9.17, 15) is 23.1 Å². The summed E-state index contributed by atoms with van der Waals surface area (Å²) in [5.41, 5.74) is 0.982. The monoisotopic (exact) mass is 496 g/mol. The number of rotatable bonds is 6. The van der Waals surface area contributed by atoms with Gasteiger partial charge in [0.15, 0.2) is 0 Å². The Labute approximate surface area is 204 Å². The van der Waals surface area contributed by atoms with Crippen LogP contribution < -0.4 is 0 Å². The molecule has 3 fully saturated rings. The molecule has 5 rings (SSSR count). The molecule has 0 radical (unpaired) electrons. The molecule has 9 heteroatoms. The third-order valence-electron chi connectivity index (χ3n) is 6.91. The molecule has 1 amide bonds. The van der Waals surface area contributed by atoms with Crippen LogP contribution in [0.25, 0.3) is 5.76 Å². The van der Waals surface area contributed by atoms with E-state index < -0.39 is 27.8 Å². The maximum Gasteiger partial charge on any atom is 0.295 e. The SMILES string of the molecule is O=C1C(=O)N(CC2CCCO2)C(c2ccccc2)C1=C(O)c1ccc(S(=O)(=O)N2CCCC2)cc1. The van der Waals surface area contributed by atoms with E-state index in [1.54, 1.807) is 0 Å². The number of nitrogens with zero attached hydrogens (tertiary/aromatic N) is 2. The van der Waals surface area contributed by atoms with Crippen molar-refractivity contribution in [2.75, 3.05) is 26.2 Å². The molecule has 0 bridgehead atoms. The fourth-order valence-corrected chi connectivity index (χ4v) is 6.59. The first-order chi connectivity index (χ1) is 16.9. The lowest BCUT2D eigenvalue weighted by atomic mass is 9.95. The van der Waals surface area contributed by atoms with Gasteiger partial charge in [-0.05, 0) is 55.5 Å². The molecule has 0 spiro atoms. The standard InChI is InChI=1S/C26H28N2O6S/c29-24(19-10-12-21(13-11-19)35(32,33)27-14-4-5-15-27)22-23(18-7-2-1-3-8-18)28(26(31)25(22)30)17-20-9-6-16-34-20/h1-3,7-8,10-13,20,23,29H,4-6,9,14-17H2. The van der Waals surface area contributed by atoms with E-state index in [1.165, 1.54) is 33.5 Å². The van der Waals surface area contributed by atoms with Gasteiger partial charge in [0.1, 0.15) is 5.76 Å².